The zero-order valence-electron chi connectivity index (χ0n) is 11.3. The standard InChI is InChI=1S/C17H16N2O/c1-2-20-13-9-7-12(8-10-13)17-11-15(18)14-5-3-4-6-16(14)19-17/h3-11H,2H2,1H3,(H2,18,19). The van der Waals surface area contributed by atoms with Crippen LogP contribution in [-0.2, 0) is 0 Å². The van der Waals surface area contributed by atoms with E-state index in [1.807, 2.05) is 61.5 Å². The van der Waals surface area contributed by atoms with Crippen molar-refractivity contribution in [3.8, 4) is 17.0 Å². The normalized spacial score (nSPS) is 10.7. The highest BCUT2D eigenvalue weighted by atomic mass is 16.5. The molecule has 1 heterocycles. The number of nitrogens with two attached hydrogens (primary N) is 1. The molecule has 20 heavy (non-hydrogen) atoms. The Bertz CT molecular complexity index is 736. The molecule has 3 heteroatoms. The molecule has 0 unspecified atom stereocenters. The maximum atomic E-state index is 6.11. The summed E-state index contributed by atoms with van der Waals surface area (Å²) in [5, 5.41) is 0.988. The molecule has 3 aromatic rings. The van der Waals surface area contributed by atoms with Crippen LogP contribution in [0.1, 0.15) is 6.92 Å². The van der Waals surface area contributed by atoms with E-state index in [2.05, 4.69) is 4.98 Å². The van der Waals surface area contributed by atoms with Gasteiger partial charge in [-0.3, -0.25) is 0 Å². The molecule has 3 rings (SSSR count). The maximum Gasteiger partial charge on any atom is 0.119 e. The van der Waals surface area contributed by atoms with Crippen LogP contribution >= 0.6 is 0 Å². The minimum absolute atomic E-state index is 0.667. The number of nitrogens with zero attached hydrogens (tertiary/aromatic N) is 1. The summed E-state index contributed by atoms with van der Waals surface area (Å²) in [5.41, 5.74) is 9.68. The van der Waals surface area contributed by atoms with Gasteiger partial charge in [-0.05, 0) is 43.3 Å². The van der Waals surface area contributed by atoms with E-state index in [9.17, 15) is 0 Å². The lowest BCUT2D eigenvalue weighted by molar-refractivity contribution is 0.340. The van der Waals surface area contributed by atoms with Crippen molar-refractivity contribution < 1.29 is 4.74 Å². The zero-order chi connectivity index (χ0) is 13.9. The van der Waals surface area contributed by atoms with E-state index in [0.717, 1.165) is 33.6 Å². The summed E-state index contributed by atoms with van der Waals surface area (Å²) in [4.78, 5) is 4.66. The van der Waals surface area contributed by atoms with Gasteiger partial charge in [0, 0.05) is 16.6 Å². The number of nitrogen functional groups attached to an aromatic ring is 1. The van der Waals surface area contributed by atoms with Gasteiger partial charge < -0.3 is 10.5 Å². The number of pyridine rings is 1. The second-order valence-corrected chi connectivity index (χ2v) is 4.57. The largest absolute Gasteiger partial charge is 0.494 e. The first-order valence-corrected chi connectivity index (χ1v) is 6.66. The molecule has 0 fully saturated rings. The second kappa shape index (κ2) is 5.21. The second-order valence-electron chi connectivity index (χ2n) is 4.57. The number of hydrogen-bond donors (Lipinski definition) is 1. The fourth-order valence-corrected chi connectivity index (χ4v) is 2.24. The third kappa shape index (κ3) is 2.30. The zero-order valence-corrected chi connectivity index (χ0v) is 11.3. The topological polar surface area (TPSA) is 48.1 Å². The van der Waals surface area contributed by atoms with Crippen LogP contribution in [0, 0.1) is 0 Å². The molecule has 0 saturated heterocycles. The van der Waals surface area contributed by atoms with Crippen molar-refractivity contribution in [2.75, 3.05) is 12.3 Å². The highest BCUT2D eigenvalue weighted by molar-refractivity contribution is 5.92. The molecule has 0 aliphatic heterocycles. The van der Waals surface area contributed by atoms with Crippen LogP contribution in [-0.4, -0.2) is 11.6 Å². The summed E-state index contributed by atoms with van der Waals surface area (Å²) in [5.74, 6) is 0.866. The maximum absolute atomic E-state index is 6.11. The fourth-order valence-electron chi connectivity index (χ4n) is 2.24. The SMILES string of the molecule is CCOc1ccc(-c2cc(N)c3ccccc3n2)cc1. The Kier molecular flexibility index (Phi) is 3.25. The lowest BCUT2D eigenvalue weighted by Crippen LogP contribution is -1.93. The Morgan fingerprint density at radius 1 is 1.05 bits per heavy atom. The predicted molar refractivity (Wildman–Crippen MR) is 82.8 cm³/mol. The highest BCUT2D eigenvalue weighted by Gasteiger charge is 2.05. The number of para-hydroxylation sites is 1. The van der Waals surface area contributed by atoms with Gasteiger partial charge >= 0.3 is 0 Å². The molecule has 100 valence electrons. The minimum atomic E-state index is 0.667. The van der Waals surface area contributed by atoms with E-state index < -0.39 is 0 Å². The molecule has 2 N–H and O–H groups in total. The lowest BCUT2D eigenvalue weighted by Gasteiger charge is -2.08. The third-order valence-electron chi connectivity index (χ3n) is 3.21. The van der Waals surface area contributed by atoms with Crippen LogP contribution in [0.4, 0.5) is 5.69 Å². The predicted octanol–water partition coefficient (Wildman–Crippen LogP) is 3.88. The van der Waals surface area contributed by atoms with Crippen molar-refractivity contribution in [2.45, 2.75) is 6.92 Å². The summed E-state index contributed by atoms with van der Waals surface area (Å²) < 4.78 is 5.45. The molecule has 3 nitrogen and oxygen atoms in total. The monoisotopic (exact) mass is 264 g/mol. The van der Waals surface area contributed by atoms with Gasteiger partial charge in [0.15, 0.2) is 0 Å². The van der Waals surface area contributed by atoms with E-state index in [1.54, 1.807) is 0 Å². The molecule has 0 amide bonds. The Morgan fingerprint density at radius 2 is 1.80 bits per heavy atom. The molecule has 0 atom stereocenters. The number of benzene rings is 2. The van der Waals surface area contributed by atoms with Crippen molar-refractivity contribution in [2.24, 2.45) is 0 Å². The summed E-state index contributed by atoms with van der Waals surface area (Å²) in [6, 6.07) is 17.7. The average molecular weight is 264 g/mol. The first-order valence-electron chi connectivity index (χ1n) is 6.66. The number of fused-ring (bicyclic) bond motifs is 1. The van der Waals surface area contributed by atoms with E-state index in [4.69, 9.17) is 10.5 Å². The van der Waals surface area contributed by atoms with Gasteiger partial charge in [-0.2, -0.15) is 0 Å². The molecule has 1 aromatic heterocycles. The minimum Gasteiger partial charge on any atom is -0.494 e. The molecule has 0 aliphatic rings. The van der Waals surface area contributed by atoms with Gasteiger partial charge in [0.25, 0.3) is 0 Å². The van der Waals surface area contributed by atoms with Gasteiger partial charge in [0.05, 0.1) is 17.8 Å². The van der Waals surface area contributed by atoms with Gasteiger partial charge in [0.1, 0.15) is 5.75 Å². The number of ether oxygens (including phenoxy) is 1. The van der Waals surface area contributed by atoms with Crippen molar-refractivity contribution in [1.29, 1.82) is 0 Å². The van der Waals surface area contributed by atoms with Gasteiger partial charge in [-0.15, -0.1) is 0 Å². The first-order chi connectivity index (χ1) is 9.78. The third-order valence-corrected chi connectivity index (χ3v) is 3.21. The van der Waals surface area contributed by atoms with Crippen molar-refractivity contribution >= 4 is 16.6 Å². The fraction of sp³-hybridized carbons (Fsp3) is 0.118. The molecule has 0 aliphatic carbocycles. The molecule has 0 radical (unpaired) electrons. The Balaban J connectivity index is 2.05. The quantitative estimate of drug-likeness (QED) is 0.781. The summed E-state index contributed by atoms with van der Waals surface area (Å²) in [6.07, 6.45) is 0. The van der Waals surface area contributed by atoms with Crippen LogP contribution in [0.3, 0.4) is 0 Å². The number of anilines is 1. The Hall–Kier alpha value is -2.55. The van der Waals surface area contributed by atoms with Crippen LogP contribution in [0.25, 0.3) is 22.2 Å². The summed E-state index contributed by atoms with van der Waals surface area (Å²) in [7, 11) is 0. The van der Waals surface area contributed by atoms with Gasteiger partial charge in [-0.1, -0.05) is 18.2 Å². The van der Waals surface area contributed by atoms with E-state index >= 15 is 0 Å². The van der Waals surface area contributed by atoms with Crippen molar-refractivity contribution in [1.82, 2.24) is 4.98 Å². The molecule has 0 saturated carbocycles. The molecule has 0 spiro atoms. The smallest absolute Gasteiger partial charge is 0.119 e. The first kappa shape index (κ1) is 12.5. The van der Waals surface area contributed by atoms with Crippen LogP contribution < -0.4 is 10.5 Å². The number of rotatable bonds is 3. The van der Waals surface area contributed by atoms with Gasteiger partial charge in [0.2, 0.25) is 0 Å². The molecular weight excluding hydrogens is 248 g/mol. The average Bonchev–Trinajstić information content (AvgIpc) is 2.48. The van der Waals surface area contributed by atoms with Crippen molar-refractivity contribution in [3.63, 3.8) is 0 Å². The highest BCUT2D eigenvalue weighted by Crippen LogP contribution is 2.27. The lowest BCUT2D eigenvalue weighted by atomic mass is 10.1. The van der Waals surface area contributed by atoms with Crippen LogP contribution in [0.2, 0.25) is 0 Å². The Morgan fingerprint density at radius 3 is 2.55 bits per heavy atom. The van der Waals surface area contributed by atoms with Crippen LogP contribution in [0.5, 0.6) is 5.75 Å². The number of aromatic nitrogens is 1. The Labute approximate surface area is 118 Å². The molecule has 0 bridgehead atoms. The summed E-state index contributed by atoms with van der Waals surface area (Å²) >= 11 is 0. The van der Waals surface area contributed by atoms with E-state index in [-0.39, 0.29) is 0 Å². The van der Waals surface area contributed by atoms with Crippen LogP contribution in [0.15, 0.2) is 54.6 Å². The van der Waals surface area contributed by atoms with Gasteiger partial charge in [-0.25, -0.2) is 4.98 Å². The number of hydrogen-bond acceptors (Lipinski definition) is 3. The molecule has 2 aromatic carbocycles. The van der Waals surface area contributed by atoms with E-state index in [0.29, 0.717) is 6.61 Å². The molecular formula is C17H16N2O. The van der Waals surface area contributed by atoms with Crippen molar-refractivity contribution in [3.05, 3.63) is 54.6 Å². The van der Waals surface area contributed by atoms with E-state index in [1.165, 1.54) is 0 Å². The summed E-state index contributed by atoms with van der Waals surface area (Å²) in [6.45, 7) is 2.64.